The Balaban J connectivity index is 0.00000210. The molecular weight excluding hydrogens is 366 g/mol. The molecule has 0 aliphatic carbocycles. The molecule has 2 aromatic carbocycles. The van der Waals surface area contributed by atoms with Gasteiger partial charge in [0.25, 0.3) is 11.8 Å². The summed E-state index contributed by atoms with van der Waals surface area (Å²) in [7, 11) is 0. The van der Waals surface area contributed by atoms with Gasteiger partial charge in [-0.3, -0.25) is 19.3 Å². The van der Waals surface area contributed by atoms with Crippen molar-refractivity contribution in [1.29, 1.82) is 0 Å². The quantitative estimate of drug-likeness (QED) is 0.788. The summed E-state index contributed by atoms with van der Waals surface area (Å²) in [5, 5.41) is 6.07. The molecule has 27 heavy (non-hydrogen) atoms. The molecular formula is C20H20ClN3O3. The molecule has 2 aliphatic heterocycles. The zero-order valence-corrected chi connectivity index (χ0v) is 15.7. The van der Waals surface area contributed by atoms with Crippen LogP contribution >= 0.6 is 12.4 Å². The number of rotatable bonds is 4. The van der Waals surface area contributed by atoms with Crippen LogP contribution in [0.4, 0.5) is 0 Å². The standard InChI is InChI=1S/C20H19N3O3.ClH/c1-12-2-5-16-17(6-12)20(26)23(19(16)25)11-18(24)22-8-13-3-4-14-9-21-10-15(14)7-13;/h2-7,21H,8-11H2,1H3,(H,22,24);1H. The zero-order chi connectivity index (χ0) is 18.3. The average Bonchev–Trinajstić information content (AvgIpc) is 3.18. The zero-order valence-electron chi connectivity index (χ0n) is 14.9. The van der Waals surface area contributed by atoms with E-state index in [9.17, 15) is 14.4 Å². The molecule has 0 saturated heterocycles. The Morgan fingerprint density at radius 1 is 1.04 bits per heavy atom. The Morgan fingerprint density at radius 2 is 1.78 bits per heavy atom. The van der Waals surface area contributed by atoms with E-state index in [0.717, 1.165) is 29.1 Å². The monoisotopic (exact) mass is 385 g/mol. The lowest BCUT2D eigenvalue weighted by molar-refractivity contribution is -0.121. The normalized spacial score (nSPS) is 14.6. The summed E-state index contributed by atoms with van der Waals surface area (Å²) in [6, 6.07) is 11.2. The SMILES string of the molecule is Cc1ccc2c(c1)C(=O)N(CC(=O)NCc1ccc3c(c1)CNC3)C2=O.Cl. The van der Waals surface area contributed by atoms with Crippen LogP contribution in [0.3, 0.4) is 0 Å². The lowest BCUT2D eigenvalue weighted by Crippen LogP contribution is -2.40. The van der Waals surface area contributed by atoms with Gasteiger partial charge in [0.2, 0.25) is 5.91 Å². The van der Waals surface area contributed by atoms with Gasteiger partial charge < -0.3 is 10.6 Å². The molecule has 2 aliphatic rings. The van der Waals surface area contributed by atoms with Crippen LogP contribution in [0.25, 0.3) is 0 Å². The fourth-order valence-electron chi connectivity index (χ4n) is 3.41. The van der Waals surface area contributed by atoms with Gasteiger partial charge in [-0.25, -0.2) is 0 Å². The predicted molar refractivity (Wildman–Crippen MR) is 103 cm³/mol. The van der Waals surface area contributed by atoms with E-state index in [1.807, 2.05) is 13.0 Å². The van der Waals surface area contributed by atoms with Crippen LogP contribution in [0.5, 0.6) is 0 Å². The van der Waals surface area contributed by atoms with Gasteiger partial charge in [0.1, 0.15) is 6.54 Å². The Bertz CT molecular complexity index is 942. The Hall–Kier alpha value is -2.70. The molecule has 2 N–H and O–H groups in total. The maximum Gasteiger partial charge on any atom is 0.262 e. The Morgan fingerprint density at radius 3 is 2.59 bits per heavy atom. The molecule has 0 unspecified atom stereocenters. The van der Waals surface area contributed by atoms with Gasteiger partial charge >= 0.3 is 0 Å². The van der Waals surface area contributed by atoms with E-state index in [-0.39, 0.29) is 24.9 Å². The van der Waals surface area contributed by atoms with E-state index in [1.165, 1.54) is 11.1 Å². The maximum absolute atomic E-state index is 12.4. The second-order valence-corrected chi connectivity index (χ2v) is 6.73. The van der Waals surface area contributed by atoms with Crippen molar-refractivity contribution in [2.24, 2.45) is 0 Å². The minimum absolute atomic E-state index is 0. The van der Waals surface area contributed by atoms with Gasteiger partial charge in [-0.2, -0.15) is 0 Å². The number of hydrogen-bond donors (Lipinski definition) is 2. The first kappa shape index (κ1) is 19.1. The number of nitrogens with one attached hydrogen (secondary N) is 2. The molecule has 2 aromatic rings. The summed E-state index contributed by atoms with van der Waals surface area (Å²) >= 11 is 0. The summed E-state index contributed by atoms with van der Waals surface area (Å²) < 4.78 is 0. The molecule has 6 nitrogen and oxygen atoms in total. The van der Waals surface area contributed by atoms with Crippen LogP contribution in [-0.2, 0) is 24.4 Å². The minimum Gasteiger partial charge on any atom is -0.350 e. The first-order valence-electron chi connectivity index (χ1n) is 8.58. The fourth-order valence-corrected chi connectivity index (χ4v) is 3.41. The van der Waals surface area contributed by atoms with Crippen LogP contribution in [0.2, 0.25) is 0 Å². The van der Waals surface area contributed by atoms with Gasteiger partial charge in [0, 0.05) is 19.6 Å². The number of amides is 3. The molecule has 0 atom stereocenters. The fraction of sp³-hybridized carbons (Fsp3) is 0.250. The van der Waals surface area contributed by atoms with Crippen molar-refractivity contribution >= 4 is 30.1 Å². The summed E-state index contributed by atoms with van der Waals surface area (Å²) in [6.45, 7) is 3.68. The molecule has 140 valence electrons. The van der Waals surface area contributed by atoms with Crippen molar-refractivity contribution in [2.75, 3.05) is 6.54 Å². The average molecular weight is 386 g/mol. The summed E-state index contributed by atoms with van der Waals surface area (Å²) in [5.74, 6) is -1.17. The number of fused-ring (bicyclic) bond motifs is 2. The van der Waals surface area contributed by atoms with Crippen molar-refractivity contribution in [3.05, 3.63) is 69.8 Å². The summed E-state index contributed by atoms with van der Waals surface area (Å²) in [5.41, 5.74) is 5.16. The Kier molecular flexibility index (Phi) is 5.30. The molecule has 0 radical (unpaired) electrons. The van der Waals surface area contributed by atoms with Crippen molar-refractivity contribution in [3.8, 4) is 0 Å². The molecule has 2 heterocycles. The van der Waals surface area contributed by atoms with Gasteiger partial charge in [0.05, 0.1) is 11.1 Å². The third kappa shape index (κ3) is 3.59. The van der Waals surface area contributed by atoms with E-state index in [2.05, 4.69) is 22.8 Å². The second-order valence-electron chi connectivity index (χ2n) is 6.73. The van der Waals surface area contributed by atoms with Gasteiger partial charge in [-0.15, -0.1) is 12.4 Å². The van der Waals surface area contributed by atoms with Gasteiger partial charge in [-0.05, 0) is 35.7 Å². The van der Waals surface area contributed by atoms with Crippen molar-refractivity contribution in [2.45, 2.75) is 26.6 Å². The van der Waals surface area contributed by atoms with Crippen LogP contribution in [0, 0.1) is 6.92 Å². The molecule has 0 fully saturated rings. The largest absolute Gasteiger partial charge is 0.350 e. The second kappa shape index (κ2) is 7.50. The van der Waals surface area contributed by atoms with E-state index < -0.39 is 11.8 Å². The van der Waals surface area contributed by atoms with E-state index in [4.69, 9.17) is 0 Å². The van der Waals surface area contributed by atoms with E-state index in [1.54, 1.807) is 18.2 Å². The lowest BCUT2D eigenvalue weighted by Gasteiger charge is -2.14. The highest BCUT2D eigenvalue weighted by molar-refractivity contribution is 6.22. The van der Waals surface area contributed by atoms with Crippen molar-refractivity contribution in [1.82, 2.24) is 15.5 Å². The topological polar surface area (TPSA) is 78.5 Å². The van der Waals surface area contributed by atoms with Crippen molar-refractivity contribution < 1.29 is 14.4 Å². The van der Waals surface area contributed by atoms with E-state index in [0.29, 0.717) is 17.7 Å². The summed E-state index contributed by atoms with van der Waals surface area (Å²) in [4.78, 5) is 38.0. The predicted octanol–water partition coefficient (Wildman–Crippen LogP) is 1.93. The molecule has 4 rings (SSSR count). The molecule has 7 heteroatoms. The molecule has 0 aromatic heterocycles. The number of carbonyl (C=O) groups excluding carboxylic acids is 3. The number of imide groups is 1. The number of nitrogens with zero attached hydrogens (tertiary/aromatic N) is 1. The van der Waals surface area contributed by atoms with Crippen LogP contribution < -0.4 is 10.6 Å². The van der Waals surface area contributed by atoms with Crippen LogP contribution in [0.15, 0.2) is 36.4 Å². The highest BCUT2D eigenvalue weighted by Crippen LogP contribution is 2.23. The van der Waals surface area contributed by atoms with Crippen molar-refractivity contribution in [3.63, 3.8) is 0 Å². The number of hydrogen-bond acceptors (Lipinski definition) is 4. The lowest BCUT2D eigenvalue weighted by atomic mass is 10.1. The number of aryl methyl sites for hydroxylation is 1. The third-order valence-electron chi connectivity index (χ3n) is 4.82. The smallest absolute Gasteiger partial charge is 0.262 e. The molecule has 0 spiro atoms. The molecule has 0 bridgehead atoms. The van der Waals surface area contributed by atoms with Crippen LogP contribution in [-0.4, -0.2) is 29.2 Å². The molecule has 0 saturated carbocycles. The highest BCUT2D eigenvalue weighted by Gasteiger charge is 2.36. The van der Waals surface area contributed by atoms with Gasteiger partial charge in [-0.1, -0.05) is 29.8 Å². The number of halogens is 1. The van der Waals surface area contributed by atoms with Gasteiger partial charge in [0.15, 0.2) is 0 Å². The first-order valence-corrected chi connectivity index (χ1v) is 8.58. The molecule has 3 amide bonds. The Labute approximate surface area is 163 Å². The maximum atomic E-state index is 12.4. The number of benzene rings is 2. The minimum atomic E-state index is -0.413. The first-order chi connectivity index (χ1) is 12.5. The highest BCUT2D eigenvalue weighted by atomic mass is 35.5. The van der Waals surface area contributed by atoms with E-state index >= 15 is 0 Å². The number of carbonyl (C=O) groups is 3. The summed E-state index contributed by atoms with van der Waals surface area (Å²) in [6.07, 6.45) is 0. The third-order valence-corrected chi connectivity index (χ3v) is 4.82. The van der Waals surface area contributed by atoms with Crippen LogP contribution in [0.1, 0.15) is 43.0 Å².